The van der Waals surface area contributed by atoms with E-state index in [-0.39, 0.29) is 0 Å². The highest BCUT2D eigenvalue weighted by Crippen LogP contribution is 2.16. The van der Waals surface area contributed by atoms with Crippen LogP contribution in [0.4, 0.5) is 5.95 Å². The highest BCUT2D eigenvalue weighted by molar-refractivity contribution is 5.43. The number of nitrogens with one attached hydrogen (secondary N) is 1. The van der Waals surface area contributed by atoms with Crippen LogP contribution in [-0.2, 0) is 6.42 Å². The van der Waals surface area contributed by atoms with E-state index in [0.717, 1.165) is 18.1 Å². The fourth-order valence-corrected chi connectivity index (χ4v) is 1.77. The van der Waals surface area contributed by atoms with Gasteiger partial charge < -0.3 is 5.32 Å². The molecule has 0 unspecified atom stereocenters. The first kappa shape index (κ1) is 11.7. The monoisotopic (exact) mass is 229 g/mol. The molecule has 0 fully saturated rings. The third-order valence-corrected chi connectivity index (χ3v) is 2.68. The lowest BCUT2D eigenvalue weighted by atomic mass is 10.1. The largest absolute Gasteiger partial charge is 0.353 e. The standard InChI is InChI=1S/C14H19N3/c1-4-12-5-7-13(8-6-12)17-10-9-15-14(17)16-11(2)3/h5-11H,4H2,1-3H3,(H,15,16). The van der Waals surface area contributed by atoms with Crippen molar-refractivity contribution in [1.82, 2.24) is 9.55 Å². The van der Waals surface area contributed by atoms with Gasteiger partial charge in [-0.2, -0.15) is 0 Å². The fraction of sp³-hybridized carbons (Fsp3) is 0.357. The van der Waals surface area contributed by atoms with Crippen molar-refractivity contribution in [3.8, 4) is 5.69 Å². The molecule has 0 radical (unpaired) electrons. The summed E-state index contributed by atoms with van der Waals surface area (Å²) in [6.45, 7) is 6.39. The van der Waals surface area contributed by atoms with Crippen molar-refractivity contribution in [3.63, 3.8) is 0 Å². The number of nitrogens with zero attached hydrogens (tertiary/aromatic N) is 2. The van der Waals surface area contributed by atoms with Crippen molar-refractivity contribution < 1.29 is 0 Å². The number of anilines is 1. The van der Waals surface area contributed by atoms with Gasteiger partial charge in [-0.1, -0.05) is 19.1 Å². The molecule has 0 saturated carbocycles. The maximum Gasteiger partial charge on any atom is 0.207 e. The van der Waals surface area contributed by atoms with Crippen LogP contribution in [0, 0.1) is 0 Å². The summed E-state index contributed by atoms with van der Waals surface area (Å²) in [6, 6.07) is 8.96. The fourth-order valence-electron chi connectivity index (χ4n) is 1.77. The zero-order valence-electron chi connectivity index (χ0n) is 10.6. The number of aryl methyl sites for hydroxylation is 1. The Labute approximate surface area is 103 Å². The van der Waals surface area contributed by atoms with Crippen LogP contribution in [0.15, 0.2) is 36.7 Å². The molecule has 2 rings (SSSR count). The number of hydrogen-bond acceptors (Lipinski definition) is 2. The molecule has 3 nitrogen and oxygen atoms in total. The zero-order valence-corrected chi connectivity index (χ0v) is 10.6. The summed E-state index contributed by atoms with van der Waals surface area (Å²) in [5, 5.41) is 3.33. The first-order chi connectivity index (χ1) is 8.20. The van der Waals surface area contributed by atoms with Crippen LogP contribution < -0.4 is 5.32 Å². The topological polar surface area (TPSA) is 29.9 Å². The van der Waals surface area contributed by atoms with Gasteiger partial charge in [0.15, 0.2) is 0 Å². The van der Waals surface area contributed by atoms with Crippen molar-refractivity contribution in [3.05, 3.63) is 42.2 Å². The van der Waals surface area contributed by atoms with Crippen LogP contribution in [0.1, 0.15) is 26.3 Å². The van der Waals surface area contributed by atoms with Gasteiger partial charge in [0, 0.05) is 24.1 Å². The molecule has 0 amide bonds. The van der Waals surface area contributed by atoms with Crippen LogP contribution in [-0.4, -0.2) is 15.6 Å². The van der Waals surface area contributed by atoms with Gasteiger partial charge in [-0.25, -0.2) is 4.98 Å². The molecule has 2 aromatic rings. The summed E-state index contributed by atoms with van der Waals surface area (Å²) in [6.07, 6.45) is 4.87. The molecule has 0 aliphatic heterocycles. The molecular formula is C14H19N3. The summed E-state index contributed by atoms with van der Waals surface area (Å²) in [7, 11) is 0. The van der Waals surface area contributed by atoms with E-state index in [4.69, 9.17) is 0 Å². The Morgan fingerprint density at radius 1 is 1.24 bits per heavy atom. The van der Waals surface area contributed by atoms with Gasteiger partial charge in [-0.3, -0.25) is 4.57 Å². The second-order valence-electron chi connectivity index (χ2n) is 4.44. The van der Waals surface area contributed by atoms with Gasteiger partial charge in [0.1, 0.15) is 0 Å². The SMILES string of the molecule is CCc1ccc(-n2ccnc2NC(C)C)cc1. The molecule has 1 N–H and O–H groups in total. The Hall–Kier alpha value is -1.77. The summed E-state index contributed by atoms with van der Waals surface area (Å²) in [4.78, 5) is 4.33. The quantitative estimate of drug-likeness (QED) is 0.872. The first-order valence-corrected chi connectivity index (χ1v) is 6.10. The Bertz CT molecular complexity index is 468. The lowest BCUT2D eigenvalue weighted by Gasteiger charge is -2.12. The lowest BCUT2D eigenvalue weighted by molar-refractivity contribution is 0.864. The van der Waals surface area contributed by atoms with Crippen LogP contribution in [0.5, 0.6) is 0 Å². The number of imidazole rings is 1. The van der Waals surface area contributed by atoms with Crippen LogP contribution >= 0.6 is 0 Å². The van der Waals surface area contributed by atoms with E-state index in [2.05, 4.69) is 59.9 Å². The average Bonchev–Trinajstić information content (AvgIpc) is 2.76. The highest BCUT2D eigenvalue weighted by Gasteiger charge is 2.05. The number of aromatic nitrogens is 2. The van der Waals surface area contributed by atoms with Gasteiger partial charge in [-0.05, 0) is 38.0 Å². The molecule has 1 aromatic heterocycles. The third-order valence-electron chi connectivity index (χ3n) is 2.68. The van der Waals surface area contributed by atoms with Gasteiger partial charge >= 0.3 is 0 Å². The minimum Gasteiger partial charge on any atom is -0.353 e. The third kappa shape index (κ3) is 2.67. The normalized spacial score (nSPS) is 10.8. The molecule has 1 heterocycles. The van der Waals surface area contributed by atoms with Gasteiger partial charge in [0.2, 0.25) is 5.95 Å². The molecule has 0 atom stereocenters. The molecule has 3 heteroatoms. The maximum atomic E-state index is 4.33. The van der Waals surface area contributed by atoms with Crippen molar-refractivity contribution in [2.45, 2.75) is 33.2 Å². The zero-order chi connectivity index (χ0) is 12.3. The van der Waals surface area contributed by atoms with E-state index in [9.17, 15) is 0 Å². The van der Waals surface area contributed by atoms with Crippen molar-refractivity contribution in [2.75, 3.05) is 5.32 Å². The van der Waals surface area contributed by atoms with Crippen LogP contribution in [0.3, 0.4) is 0 Å². The van der Waals surface area contributed by atoms with E-state index < -0.39 is 0 Å². The van der Waals surface area contributed by atoms with E-state index >= 15 is 0 Å². The molecule has 0 saturated heterocycles. The second-order valence-corrected chi connectivity index (χ2v) is 4.44. The smallest absolute Gasteiger partial charge is 0.207 e. The number of rotatable bonds is 4. The highest BCUT2D eigenvalue weighted by atomic mass is 15.2. The molecular weight excluding hydrogens is 210 g/mol. The van der Waals surface area contributed by atoms with Crippen molar-refractivity contribution >= 4 is 5.95 Å². The first-order valence-electron chi connectivity index (χ1n) is 6.10. The summed E-state index contributed by atoms with van der Waals surface area (Å²) >= 11 is 0. The summed E-state index contributed by atoms with van der Waals surface area (Å²) < 4.78 is 2.07. The summed E-state index contributed by atoms with van der Waals surface area (Å²) in [5.41, 5.74) is 2.50. The van der Waals surface area contributed by atoms with Gasteiger partial charge in [0.05, 0.1) is 0 Å². The van der Waals surface area contributed by atoms with E-state index in [1.165, 1.54) is 5.56 Å². The number of benzene rings is 1. The lowest BCUT2D eigenvalue weighted by Crippen LogP contribution is -2.13. The maximum absolute atomic E-state index is 4.33. The molecule has 0 bridgehead atoms. The van der Waals surface area contributed by atoms with Crippen molar-refractivity contribution in [2.24, 2.45) is 0 Å². The molecule has 0 aliphatic rings. The van der Waals surface area contributed by atoms with E-state index in [1.807, 2.05) is 12.4 Å². The van der Waals surface area contributed by atoms with E-state index in [1.54, 1.807) is 0 Å². The molecule has 1 aromatic carbocycles. The Balaban J connectivity index is 2.29. The number of hydrogen-bond donors (Lipinski definition) is 1. The Morgan fingerprint density at radius 2 is 1.94 bits per heavy atom. The van der Waals surface area contributed by atoms with Gasteiger partial charge in [-0.15, -0.1) is 0 Å². The second kappa shape index (κ2) is 5.04. The van der Waals surface area contributed by atoms with E-state index in [0.29, 0.717) is 6.04 Å². The molecule has 0 spiro atoms. The predicted octanol–water partition coefficient (Wildman–Crippen LogP) is 3.26. The minimum atomic E-state index is 0.381. The Morgan fingerprint density at radius 3 is 2.53 bits per heavy atom. The van der Waals surface area contributed by atoms with Crippen LogP contribution in [0.25, 0.3) is 5.69 Å². The molecule has 17 heavy (non-hydrogen) atoms. The minimum absolute atomic E-state index is 0.381. The van der Waals surface area contributed by atoms with Crippen LogP contribution in [0.2, 0.25) is 0 Å². The van der Waals surface area contributed by atoms with Crippen molar-refractivity contribution in [1.29, 1.82) is 0 Å². The molecule has 90 valence electrons. The predicted molar refractivity (Wildman–Crippen MR) is 71.7 cm³/mol. The molecule has 0 aliphatic carbocycles. The van der Waals surface area contributed by atoms with Gasteiger partial charge in [0.25, 0.3) is 0 Å². The Kier molecular flexibility index (Phi) is 3.47. The average molecular weight is 229 g/mol. The summed E-state index contributed by atoms with van der Waals surface area (Å²) in [5.74, 6) is 0.893.